The number of pyridine rings is 1. The van der Waals surface area contributed by atoms with E-state index in [9.17, 15) is 4.79 Å². The molecule has 1 aromatic rings. The summed E-state index contributed by atoms with van der Waals surface area (Å²) in [5.41, 5.74) is 8.29. The van der Waals surface area contributed by atoms with Crippen molar-refractivity contribution in [1.82, 2.24) is 14.8 Å². The van der Waals surface area contributed by atoms with Gasteiger partial charge in [0.2, 0.25) is 5.91 Å². The zero-order chi connectivity index (χ0) is 16.4. The van der Waals surface area contributed by atoms with E-state index < -0.39 is 0 Å². The smallest absolute Gasteiger partial charge is 0.227 e. The molecular weight excluding hydrogens is 288 g/mol. The molecule has 3 aliphatic rings. The quantitative estimate of drug-likeness (QED) is 0.864. The lowest BCUT2D eigenvalue weighted by molar-refractivity contribution is -0.139. The number of allylic oxidation sites excluding steroid dienone is 1. The first-order valence-electron chi connectivity index (χ1n) is 8.40. The van der Waals surface area contributed by atoms with E-state index in [2.05, 4.69) is 34.7 Å². The fourth-order valence-corrected chi connectivity index (χ4v) is 3.61. The highest BCUT2D eigenvalue weighted by Crippen LogP contribution is 2.30. The molecule has 4 heterocycles. The minimum absolute atomic E-state index is 0.122. The Morgan fingerprint density at radius 3 is 2.96 bits per heavy atom. The van der Waals surface area contributed by atoms with Gasteiger partial charge in [-0.2, -0.15) is 0 Å². The topological polar surface area (TPSA) is 62.5 Å². The average Bonchev–Trinajstić information content (AvgIpc) is 2.78. The molecule has 2 atom stereocenters. The summed E-state index contributed by atoms with van der Waals surface area (Å²) < 4.78 is 0. The third-order valence-corrected chi connectivity index (χ3v) is 4.89. The normalized spacial score (nSPS) is 24.6. The maximum Gasteiger partial charge on any atom is 0.227 e. The zero-order valence-electron chi connectivity index (χ0n) is 14.0. The fourth-order valence-electron chi connectivity index (χ4n) is 3.61. The minimum Gasteiger partial charge on any atom is -0.383 e. The molecule has 4 rings (SSSR count). The van der Waals surface area contributed by atoms with E-state index in [1.807, 2.05) is 12.1 Å². The highest BCUT2D eigenvalue weighted by molar-refractivity contribution is 5.80. The predicted molar refractivity (Wildman–Crippen MR) is 91.6 cm³/mol. The van der Waals surface area contributed by atoms with Crippen LogP contribution in [0.5, 0.6) is 0 Å². The molecule has 0 radical (unpaired) electrons. The number of amides is 1. The molecule has 1 amide bonds. The fraction of sp³-hybridized carbons (Fsp3) is 0.556. The Kier molecular flexibility index (Phi) is 4.66. The number of aromatic nitrogens is 1. The molecule has 0 unspecified atom stereocenters. The molecule has 0 aromatic carbocycles. The van der Waals surface area contributed by atoms with Crippen molar-refractivity contribution in [3.05, 3.63) is 35.5 Å². The van der Waals surface area contributed by atoms with Gasteiger partial charge in [0, 0.05) is 44.0 Å². The molecule has 23 heavy (non-hydrogen) atoms. The van der Waals surface area contributed by atoms with E-state index >= 15 is 0 Å². The average molecular weight is 314 g/mol. The van der Waals surface area contributed by atoms with Crippen molar-refractivity contribution in [3.8, 4) is 0 Å². The maximum absolute atomic E-state index is 12.7. The molecule has 0 saturated carbocycles. The van der Waals surface area contributed by atoms with Gasteiger partial charge in [-0.3, -0.25) is 9.69 Å². The summed E-state index contributed by atoms with van der Waals surface area (Å²) >= 11 is 0. The van der Waals surface area contributed by atoms with Crippen molar-refractivity contribution in [3.63, 3.8) is 0 Å². The van der Waals surface area contributed by atoms with Gasteiger partial charge in [0.05, 0.1) is 5.92 Å². The van der Waals surface area contributed by atoms with Crippen LogP contribution in [0.4, 0.5) is 5.82 Å². The zero-order valence-corrected chi connectivity index (χ0v) is 14.0. The molecule has 3 aliphatic heterocycles. The maximum atomic E-state index is 12.7. The molecule has 1 aromatic heterocycles. The second-order valence-electron chi connectivity index (χ2n) is 6.94. The van der Waals surface area contributed by atoms with Crippen molar-refractivity contribution >= 4 is 11.7 Å². The number of anilines is 1. The second-order valence-corrected chi connectivity index (χ2v) is 6.94. The van der Waals surface area contributed by atoms with E-state index in [0.29, 0.717) is 17.8 Å². The van der Waals surface area contributed by atoms with E-state index in [-0.39, 0.29) is 5.92 Å². The van der Waals surface area contributed by atoms with Crippen LogP contribution in [0.2, 0.25) is 0 Å². The van der Waals surface area contributed by atoms with Gasteiger partial charge < -0.3 is 10.6 Å². The number of carbonyl (C=O) groups excluding carboxylic acids is 1. The third kappa shape index (κ3) is 3.55. The largest absolute Gasteiger partial charge is 0.383 e. The standard InChI is InChI=1S/C18H26N4O/c1-13(2)7-9-22-16-6-5-15(18(22)23)11-21(12-16)10-14-4-3-8-20-17(14)19/h3-4,7-8,15-16H,5-6,9-12H2,1-2H3,(H2,19,20)/t15-,16+/m1/s1. The first-order chi connectivity index (χ1) is 11.0. The van der Waals surface area contributed by atoms with Crippen LogP contribution in [0.1, 0.15) is 32.3 Å². The molecule has 5 heteroatoms. The molecular formula is C18H26N4O. The Bertz CT molecular complexity index is 609. The SMILES string of the molecule is CC(C)=CCN1C(=O)[C@@H]2CC[C@H]1CN(Cc1cccnc1N)C2. The number of hydrogen-bond acceptors (Lipinski definition) is 4. The number of carbonyl (C=O) groups is 1. The number of nitrogen functional groups attached to an aromatic ring is 1. The van der Waals surface area contributed by atoms with Gasteiger partial charge in [0.15, 0.2) is 0 Å². The van der Waals surface area contributed by atoms with Gasteiger partial charge in [0.1, 0.15) is 5.82 Å². The van der Waals surface area contributed by atoms with Crippen LogP contribution in [0, 0.1) is 5.92 Å². The van der Waals surface area contributed by atoms with E-state index in [1.165, 1.54) is 5.57 Å². The Labute approximate surface area is 138 Å². The summed E-state index contributed by atoms with van der Waals surface area (Å²) in [6.45, 7) is 7.43. The molecule has 0 aliphatic carbocycles. The van der Waals surface area contributed by atoms with E-state index in [1.54, 1.807) is 6.20 Å². The Hall–Kier alpha value is -1.88. The van der Waals surface area contributed by atoms with Crippen LogP contribution in [-0.2, 0) is 11.3 Å². The van der Waals surface area contributed by atoms with Crippen LogP contribution >= 0.6 is 0 Å². The van der Waals surface area contributed by atoms with Crippen molar-refractivity contribution < 1.29 is 4.79 Å². The summed E-state index contributed by atoms with van der Waals surface area (Å²) in [5, 5.41) is 0. The summed E-state index contributed by atoms with van der Waals surface area (Å²) in [5.74, 6) is 1.04. The molecule has 2 N–H and O–H groups in total. The summed E-state index contributed by atoms with van der Waals surface area (Å²) in [7, 11) is 0. The summed E-state index contributed by atoms with van der Waals surface area (Å²) in [6.07, 6.45) is 5.98. The van der Waals surface area contributed by atoms with Crippen molar-refractivity contribution in [2.75, 3.05) is 25.4 Å². The lowest BCUT2D eigenvalue weighted by atomic mass is 9.94. The Morgan fingerprint density at radius 1 is 1.39 bits per heavy atom. The first-order valence-corrected chi connectivity index (χ1v) is 8.40. The van der Waals surface area contributed by atoms with Gasteiger partial charge in [-0.1, -0.05) is 17.7 Å². The molecule has 5 nitrogen and oxygen atoms in total. The lowest BCUT2D eigenvalue weighted by Crippen LogP contribution is -2.47. The molecule has 3 fully saturated rings. The van der Waals surface area contributed by atoms with Crippen molar-refractivity contribution in [1.29, 1.82) is 0 Å². The van der Waals surface area contributed by atoms with Crippen LogP contribution in [0.25, 0.3) is 0 Å². The van der Waals surface area contributed by atoms with Crippen molar-refractivity contribution in [2.45, 2.75) is 39.3 Å². The van der Waals surface area contributed by atoms with Gasteiger partial charge in [-0.15, -0.1) is 0 Å². The van der Waals surface area contributed by atoms with Crippen LogP contribution in [0.15, 0.2) is 30.0 Å². The number of fused-ring (bicyclic) bond motifs is 4. The highest BCUT2D eigenvalue weighted by Gasteiger charge is 2.40. The number of hydrogen-bond donors (Lipinski definition) is 1. The minimum atomic E-state index is 0.122. The first kappa shape index (κ1) is 16.0. The van der Waals surface area contributed by atoms with E-state index in [0.717, 1.165) is 44.6 Å². The molecule has 124 valence electrons. The highest BCUT2D eigenvalue weighted by atomic mass is 16.2. The summed E-state index contributed by atoms with van der Waals surface area (Å²) in [4.78, 5) is 21.3. The number of piperidine rings is 1. The molecule has 2 bridgehead atoms. The van der Waals surface area contributed by atoms with Crippen LogP contribution in [-0.4, -0.2) is 46.4 Å². The van der Waals surface area contributed by atoms with Gasteiger partial charge in [-0.05, 0) is 32.8 Å². The Balaban J connectivity index is 1.74. The second kappa shape index (κ2) is 6.71. The molecule has 0 spiro atoms. The van der Waals surface area contributed by atoms with E-state index in [4.69, 9.17) is 5.73 Å². The van der Waals surface area contributed by atoms with Gasteiger partial charge in [-0.25, -0.2) is 4.98 Å². The number of nitrogens with two attached hydrogens (primary N) is 1. The lowest BCUT2D eigenvalue weighted by Gasteiger charge is -2.35. The number of nitrogens with zero attached hydrogens (tertiary/aromatic N) is 3. The van der Waals surface area contributed by atoms with Crippen LogP contribution < -0.4 is 5.73 Å². The number of rotatable bonds is 4. The molecule has 3 saturated heterocycles. The Morgan fingerprint density at radius 2 is 2.22 bits per heavy atom. The third-order valence-electron chi connectivity index (χ3n) is 4.89. The van der Waals surface area contributed by atoms with Gasteiger partial charge >= 0.3 is 0 Å². The monoisotopic (exact) mass is 314 g/mol. The predicted octanol–water partition coefficient (Wildman–Crippen LogP) is 2.05. The van der Waals surface area contributed by atoms with Gasteiger partial charge in [0.25, 0.3) is 0 Å². The summed E-state index contributed by atoms with van der Waals surface area (Å²) in [6, 6.07) is 4.26. The van der Waals surface area contributed by atoms with Crippen molar-refractivity contribution in [2.24, 2.45) is 5.92 Å². The van der Waals surface area contributed by atoms with Crippen LogP contribution in [0.3, 0.4) is 0 Å².